The number of piperidine rings is 1. The number of carbonyl (C=O) groups is 1. The number of nitrogens with zero attached hydrogens (tertiary/aromatic N) is 2. The lowest BCUT2D eigenvalue weighted by Gasteiger charge is -2.34. The Morgan fingerprint density at radius 1 is 1.40 bits per heavy atom. The van der Waals surface area contributed by atoms with E-state index < -0.39 is 0 Å². The number of aryl methyl sites for hydroxylation is 2. The minimum absolute atomic E-state index is 0.205. The molecule has 0 spiro atoms. The number of primary amides is 1. The van der Waals surface area contributed by atoms with Crippen LogP contribution in [0.1, 0.15) is 42.9 Å². The van der Waals surface area contributed by atoms with Crippen LogP contribution in [0.4, 0.5) is 0 Å². The average molecular weight is 345 g/mol. The Morgan fingerprint density at radius 3 is 2.88 bits per heavy atom. The molecular weight excluding hydrogens is 312 g/mol. The first-order valence-electron chi connectivity index (χ1n) is 9.37. The van der Waals surface area contributed by atoms with Gasteiger partial charge in [0.2, 0.25) is 5.91 Å². The fourth-order valence-electron chi connectivity index (χ4n) is 3.54. The molecule has 1 saturated heterocycles. The molecule has 1 aromatic rings. The fraction of sp³-hybridized carbons (Fsp3) is 0.600. The molecule has 0 aromatic heterocycles. The van der Waals surface area contributed by atoms with Gasteiger partial charge >= 0.3 is 0 Å². The molecule has 2 rings (SSSR count). The lowest BCUT2D eigenvalue weighted by molar-refractivity contribution is -0.119. The number of nitrogens with two attached hydrogens (primary N) is 1. The molecule has 5 nitrogen and oxygen atoms in total. The molecule has 1 unspecified atom stereocenters. The molecule has 0 bridgehead atoms. The van der Waals surface area contributed by atoms with Gasteiger partial charge in [0.15, 0.2) is 5.96 Å². The van der Waals surface area contributed by atoms with Crippen molar-refractivity contribution in [1.82, 2.24) is 10.2 Å². The standard InChI is InChI=1S/C20H32N4O/c1-4-22-20(24-11-5-6-17(14-24)13-19(21)25)23-10-9-18-8-7-15(2)12-16(18)3/h7-8,12,17H,4-6,9-11,13-14H2,1-3H3,(H2,21,25)(H,22,23). The highest BCUT2D eigenvalue weighted by Crippen LogP contribution is 2.19. The van der Waals surface area contributed by atoms with Gasteiger partial charge in [-0.2, -0.15) is 0 Å². The molecular formula is C20H32N4O. The maximum absolute atomic E-state index is 11.2. The predicted octanol–water partition coefficient (Wildman–Crippen LogP) is 2.40. The molecule has 1 atom stereocenters. The number of likely N-dealkylation sites (tertiary alicyclic amines) is 1. The molecule has 25 heavy (non-hydrogen) atoms. The van der Waals surface area contributed by atoms with Crippen LogP contribution in [0.5, 0.6) is 0 Å². The van der Waals surface area contributed by atoms with E-state index in [2.05, 4.69) is 49.2 Å². The summed E-state index contributed by atoms with van der Waals surface area (Å²) in [5.41, 5.74) is 9.36. The number of benzene rings is 1. The van der Waals surface area contributed by atoms with Gasteiger partial charge < -0.3 is 16.0 Å². The molecule has 1 aromatic carbocycles. The van der Waals surface area contributed by atoms with E-state index in [-0.39, 0.29) is 5.91 Å². The smallest absolute Gasteiger partial charge is 0.217 e. The van der Waals surface area contributed by atoms with Crippen molar-refractivity contribution in [3.8, 4) is 0 Å². The van der Waals surface area contributed by atoms with Crippen molar-refractivity contribution in [2.75, 3.05) is 26.2 Å². The van der Waals surface area contributed by atoms with Crippen molar-refractivity contribution in [3.63, 3.8) is 0 Å². The molecule has 0 saturated carbocycles. The lowest BCUT2D eigenvalue weighted by Crippen LogP contribution is -2.47. The first kappa shape index (κ1) is 19.3. The summed E-state index contributed by atoms with van der Waals surface area (Å²) in [5.74, 6) is 1.10. The van der Waals surface area contributed by atoms with Crippen molar-refractivity contribution >= 4 is 11.9 Å². The van der Waals surface area contributed by atoms with Gasteiger partial charge in [0.05, 0.1) is 0 Å². The molecule has 1 aliphatic rings. The molecule has 1 aliphatic heterocycles. The van der Waals surface area contributed by atoms with Crippen LogP contribution in [-0.4, -0.2) is 42.9 Å². The number of rotatable bonds is 6. The first-order valence-corrected chi connectivity index (χ1v) is 9.37. The zero-order valence-electron chi connectivity index (χ0n) is 15.8. The predicted molar refractivity (Wildman–Crippen MR) is 104 cm³/mol. The Balaban J connectivity index is 1.98. The van der Waals surface area contributed by atoms with E-state index in [1.165, 1.54) is 16.7 Å². The van der Waals surface area contributed by atoms with Crippen molar-refractivity contribution in [2.24, 2.45) is 16.6 Å². The van der Waals surface area contributed by atoms with Crippen LogP contribution in [0.2, 0.25) is 0 Å². The summed E-state index contributed by atoms with van der Waals surface area (Å²) in [5, 5.41) is 3.40. The van der Waals surface area contributed by atoms with Crippen LogP contribution < -0.4 is 11.1 Å². The Labute approximate surface area is 151 Å². The molecule has 0 radical (unpaired) electrons. The van der Waals surface area contributed by atoms with Gasteiger partial charge in [-0.1, -0.05) is 23.8 Å². The SMILES string of the molecule is CCNC(=NCCc1ccc(C)cc1C)N1CCCC(CC(N)=O)C1. The summed E-state index contributed by atoms with van der Waals surface area (Å²) >= 11 is 0. The summed E-state index contributed by atoms with van der Waals surface area (Å²) in [6.07, 6.45) is 3.57. The number of carbonyl (C=O) groups excluding carboxylic acids is 1. The van der Waals surface area contributed by atoms with Crippen molar-refractivity contribution < 1.29 is 4.79 Å². The van der Waals surface area contributed by atoms with Crippen molar-refractivity contribution in [1.29, 1.82) is 0 Å². The summed E-state index contributed by atoms with van der Waals surface area (Å²) in [6, 6.07) is 6.59. The quantitative estimate of drug-likeness (QED) is 0.615. The highest BCUT2D eigenvalue weighted by molar-refractivity contribution is 5.80. The largest absolute Gasteiger partial charge is 0.370 e. The number of hydrogen-bond donors (Lipinski definition) is 2. The molecule has 5 heteroatoms. The summed E-state index contributed by atoms with van der Waals surface area (Å²) in [6.45, 7) is 9.84. The number of guanidine groups is 1. The normalized spacial score (nSPS) is 18.3. The van der Waals surface area contributed by atoms with Gasteiger partial charge in [0, 0.05) is 32.6 Å². The van der Waals surface area contributed by atoms with Crippen LogP contribution in [0.15, 0.2) is 23.2 Å². The number of aliphatic imine (C=N–C) groups is 1. The third-order valence-corrected chi connectivity index (χ3v) is 4.78. The maximum atomic E-state index is 11.2. The summed E-state index contributed by atoms with van der Waals surface area (Å²) in [7, 11) is 0. The van der Waals surface area contributed by atoms with E-state index >= 15 is 0 Å². The van der Waals surface area contributed by atoms with Crippen LogP contribution in [0, 0.1) is 19.8 Å². The minimum atomic E-state index is -0.205. The molecule has 138 valence electrons. The van der Waals surface area contributed by atoms with Crippen LogP contribution >= 0.6 is 0 Å². The highest BCUT2D eigenvalue weighted by atomic mass is 16.1. The third kappa shape index (κ3) is 6.07. The minimum Gasteiger partial charge on any atom is -0.370 e. The van der Waals surface area contributed by atoms with Crippen LogP contribution in [-0.2, 0) is 11.2 Å². The molecule has 0 aliphatic carbocycles. The summed E-state index contributed by atoms with van der Waals surface area (Å²) in [4.78, 5) is 18.3. The van der Waals surface area contributed by atoms with E-state index in [4.69, 9.17) is 10.7 Å². The van der Waals surface area contributed by atoms with Gasteiger partial charge in [-0.3, -0.25) is 9.79 Å². The van der Waals surface area contributed by atoms with E-state index in [1.807, 2.05) is 0 Å². The molecule has 1 heterocycles. The van der Waals surface area contributed by atoms with E-state index in [1.54, 1.807) is 0 Å². The van der Waals surface area contributed by atoms with E-state index in [0.29, 0.717) is 12.3 Å². The Hall–Kier alpha value is -2.04. The van der Waals surface area contributed by atoms with Gasteiger partial charge in [0.25, 0.3) is 0 Å². The fourth-order valence-corrected chi connectivity index (χ4v) is 3.54. The summed E-state index contributed by atoms with van der Waals surface area (Å²) < 4.78 is 0. The molecule has 1 amide bonds. The monoisotopic (exact) mass is 344 g/mol. The Bertz CT molecular complexity index is 612. The lowest BCUT2D eigenvalue weighted by atomic mass is 9.95. The van der Waals surface area contributed by atoms with E-state index in [0.717, 1.165) is 51.4 Å². The third-order valence-electron chi connectivity index (χ3n) is 4.78. The number of amides is 1. The topological polar surface area (TPSA) is 70.7 Å². The second-order valence-corrected chi connectivity index (χ2v) is 7.04. The van der Waals surface area contributed by atoms with Gasteiger partial charge in [-0.25, -0.2) is 0 Å². The zero-order chi connectivity index (χ0) is 18.2. The maximum Gasteiger partial charge on any atom is 0.217 e. The van der Waals surface area contributed by atoms with E-state index in [9.17, 15) is 4.79 Å². The Morgan fingerprint density at radius 2 is 2.20 bits per heavy atom. The number of nitrogens with one attached hydrogen (secondary N) is 1. The highest BCUT2D eigenvalue weighted by Gasteiger charge is 2.23. The second kappa shape index (κ2) is 9.44. The Kier molecular flexibility index (Phi) is 7.29. The average Bonchev–Trinajstić information content (AvgIpc) is 2.55. The van der Waals surface area contributed by atoms with Crippen LogP contribution in [0.25, 0.3) is 0 Å². The molecule has 3 N–H and O–H groups in total. The van der Waals surface area contributed by atoms with Gasteiger partial charge in [-0.05, 0) is 57.1 Å². The zero-order valence-corrected chi connectivity index (χ0v) is 15.8. The van der Waals surface area contributed by atoms with Gasteiger partial charge in [0.1, 0.15) is 0 Å². The second-order valence-electron chi connectivity index (χ2n) is 7.04. The molecule has 1 fully saturated rings. The first-order chi connectivity index (χ1) is 12.0. The van der Waals surface area contributed by atoms with Crippen LogP contribution in [0.3, 0.4) is 0 Å². The van der Waals surface area contributed by atoms with Crippen molar-refractivity contribution in [2.45, 2.75) is 46.5 Å². The van der Waals surface area contributed by atoms with Crippen molar-refractivity contribution in [3.05, 3.63) is 34.9 Å². The van der Waals surface area contributed by atoms with Gasteiger partial charge in [-0.15, -0.1) is 0 Å². The number of hydrogen-bond acceptors (Lipinski definition) is 2.